The van der Waals surface area contributed by atoms with Crippen LogP contribution in [0.25, 0.3) is 0 Å². The summed E-state index contributed by atoms with van der Waals surface area (Å²) in [7, 11) is -4.53. The van der Waals surface area contributed by atoms with Gasteiger partial charge in [-0.2, -0.15) is 4.31 Å². The third-order valence-corrected chi connectivity index (χ3v) is 11.2. The Hall–Kier alpha value is -2.63. The summed E-state index contributed by atoms with van der Waals surface area (Å²) < 4.78 is 78.6. The fourth-order valence-corrected chi connectivity index (χ4v) is 8.98. The molecule has 2 atom stereocenters. The smallest absolute Gasteiger partial charge is 0.410 e. The maximum atomic E-state index is 14.9. The molecule has 3 saturated heterocycles. The van der Waals surface area contributed by atoms with Gasteiger partial charge in [0.2, 0.25) is 10.0 Å². The first kappa shape index (κ1) is 28.5. The number of carbonyl (C=O) groups excluding carboxylic acids is 1. The van der Waals surface area contributed by atoms with E-state index in [1.165, 1.54) is 35.3 Å². The number of hydrogen-bond donors (Lipinski definition) is 0. The maximum Gasteiger partial charge on any atom is 0.410 e. The lowest BCUT2D eigenvalue weighted by molar-refractivity contribution is -0.0134. The van der Waals surface area contributed by atoms with Gasteiger partial charge in [-0.1, -0.05) is 12.1 Å². The Kier molecular flexibility index (Phi) is 7.80. The number of amides is 1. The molecule has 2 aromatic carbocycles. The van der Waals surface area contributed by atoms with Crippen LogP contribution in [0.1, 0.15) is 69.4 Å². The van der Waals surface area contributed by atoms with Gasteiger partial charge >= 0.3 is 6.09 Å². The van der Waals surface area contributed by atoms with Gasteiger partial charge in [0, 0.05) is 25.2 Å². The zero-order valence-electron chi connectivity index (χ0n) is 23.0. The van der Waals surface area contributed by atoms with Crippen molar-refractivity contribution >= 4 is 16.1 Å². The summed E-state index contributed by atoms with van der Waals surface area (Å²) in [6.07, 6.45) is 6.06. The van der Waals surface area contributed by atoms with Gasteiger partial charge in [-0.15, -0.1) is 0 Å². The van der Waals surface area contributed by atoms with Crippen LogP contribution in [0.2, 0.25) is 0 Å². The van der Waals surface area contributed by atoms with Gasteiger partial charge in [-0.05, 0) is 101 Å². The highest BCUT2D eigenvalue weighted by atomic mass is 32.2. The average molecular weight is 592 g/mol. The van der Waals surface area contributed by atoms with Crippen LogP contribution in [0.5, 0.6) is 0 Å². The molecule has 0 bridgehead atoms. The van der Waals surface area contributed by atoms with Gasteiger partial charge in [0.25, 0.3) is 0 Å². The Labute approximate surface area is 239 Å². The summed E-state index contributed by atoms with van der Waals surface area (Å²) in [5.74, 6) is -2.60. The van der Waals surface area contributed by atoms with E-state index in [-0.39, 0.29) is 0 Å². The van der Waals surface area contributed by atoms with E-state index in [4.69, 9.17) is 4.74 Å². The molecule has 0 aromatic heterocycles. The average Bonchev–Trinajstić information content (AvgIpc) is 3.52. The van der Waals surface area contributed by atoms with Gasteiger partial charge in [-0.3, -0.25) is 0 Å². The number of halogens is 3. The third kappa shape index (κ3) is 5.60. The third-order valence-electron chi connectivity index (χ3n) is 9.27. The Balaban J connectivity index is 1.28. The van der Waals surface area contributed by atoms with Crippen molar-refractivity contribution in [2.24, 2.45) is 0 Å². The number of nitrogens with zero attached hydrogens (tertiary/aromatic N) is 3. The quantitative estimate of drug-likeness (QED) is 0.437. The number of rotatable bonds is 6. The lowest BCUT2D eigenvalue weighted by atomic mass is 9.90. The molecule has 7 nitrogen and oxygen atoms in total. The van der Waals surface area contributed by atoms with Gasteiger partial charge in [0.05, 0.1) is 12.1 Å². The highest BCUT2D eigenvalue weighted by Gasteiger charge is 2.60. The number of ether oxygens (including phenoxy) is 1. The molecule has 1 saturated carbocycles. The van der Waals surface area contributed by atoms with E-state index in [1.54, 1.807) is 11.0 Å². The van der Waals surface area contributed by atoms with Crippen molar-refractivity contribution in [3.63, 3.8) is 0 Å². The maximum absolute atomic E-state index is 14.9. The van der Waals surface area contributed by atoms with Crippen molar-refractivity contribution in [2.45, 2.75) is 86.4 Å². The van der Waals surface area contributed by atoms with Crippen LogP contribution < -0.4 is 0 Å². The van der Waals surface area contributed by atoms with Crippen molar-refractivity contribution in [1.29, 1.82) is 0 Å². The number of benzene rings is 2. The van der Waals surface area contributed by atoms with E-state index in [9.17, 15) is 26.4 Å². The number of hydrogen-bond acceptors (Lipinski definition) is 5. The minimum absolute atomic E-state index is 0.385. The van der Waals surface area contributed by atoms with Crippen molar-refractivity contribution in [3.8, 4) is 0 Å². The first-order valence-corrected chi connectivity index (χ1v) is 16.1. The summed E-state index contributed by atoms with van der Waals surface area (Å²) in [6, 6.07) is 6.99. The molecule has 41 heavy (non-hydrogen) atoms. The predicted molar refractivity (Wildman–Crippen MR) is 146 cm³/mol. The predicted octanol–water partition coefficient (Wildman–Crippen LogP) is 5.62. The minimum Gasteiger partial charge on any atom is -0.441 e. The Bertz CT molecular complexity index is 1390. The van der Waals surface area contributed by atoms with Crippen molar-refractivity contribution in [3.05, 3.63) is 65.5 Å². The standard InChI is InChI=1S/C30H36F3N3O4S/c31-22-6-3-5-21(19-22)26-7-4-8-28(36(26)41(38,39)27-10-9-23(32)20-25(27)33)30(13-14-30)40-29(37)35-17-11-24(12-18-35)34-15-1-2-16-34/h3,5-6,9-10,19-20,24,26,28H,1-2,4,7-8,11-18H2/t26-,28+/m0/s1. The molecule has 6 rings (SSSR count). The van der Waals surface area contributed by atoms with E-state index < -0.39 is 56.1 Å². The number of sulfonamides is 1. The molecule has 0 unspecified atom stereocenters. The van der Waals surface area contributed by atoms with Gasteiger partial charge in [0.15, 0.2) is 0 Å². The van der Waals surface area contributed by atoms with Crippen LogP contribution >= 0.6 is 0 Å². The summed E-state index contributed by atoms with van der Waals surface area (Å²) in [6.45, 7) is 3.36. The van der Waals surface area contributed by atoms with Crippen molar-refractivity contribution in [2.75, 3.05) is 26.2 Å². The molecular weight excluding hydrogens is 555 g/mol. The second-order valence-electron chi connectivity index (χ2n) is 11.8. The lowest BCUT2D eigenvalue weighted by Gasteiger charge is -2.45. The van der Waals surface area contributed by atoms with Crippen LogP contribution in [-0.2, 0) is 14.8 Å². The Morgan fingerprint density at radius 3 is 2.22 bits per heavy atom. The second-order valence-corrected chi connectivity index (χ2v) is 13.6. The molecule has 3 heterocycles. The van der Waals surface area contributed by atoms with Crippen molar-refractivity contribution < 1.29 is 31.1 Å². The summed E-state index contributed by atoms with van der Waals surface area (Å²) >= 11 is 0. The van der Waals surface area contributed by atoms with E-state index in [0.29, 0.717) is 62.9 Å². The van der Waals surface area contributed by atoms with Crippen molar-refractivity contribution in [1.82, 2.24) is 14.1 Å². The fourth-order valence-electron chi connectivity index (χ4n) is 7.02. The molecule has 0 spiro atoms. The lowest BCUT2D eigenvalue weighted by Crippen LogP contribution is -2.55. The number of carbonyl (C=O) groups is 1. The molecule has 0 N–H and O–H groups in total. The molecule has 1 amide bonds. The topological polar surface area (TPSA) is 70.2 Å². The van der Waals surface area contributed by atoms with Crippen LogP contribution in [0.4, 0.5) is 18.0 Å². The van der Waals surface area contributed by atoms with Crippen LogP contribution in [-0.4, -0.2) is 72.5 Å². The highest BCUT2D eigenvalue weighted by Crippen LogP contribution is 2.53. The van der Waals surface area contributed by atoms with E-state index in [0.717, 1.165) is 38.1 Å². The molecule has 2 aromatic rings. The van der Waals surface area contributed by atoms with Gasteiger partial charge in [0.1, 0.15) is 27.9 Å². The summed E-state index contributed by atoms with van der Waals surface area (Å²) in [4.78, 5) is 17.0. The molecule has 4 aliphatic rings. The molecule has 1 aliphatic carbocycles. The second kappa shape index (κ2) is 11.2. The first-order valence-electron chi connectivity index (χ1n) is 14.6. The molecule has 3 aliphatic heterocycles. The van der Waals surface area contributed by atoms with Gasteiger partial charge in [-0.25, -0.2) is 26.4 Å². The van der Waals surface area contributed by atoms with Gasteiger partial charge < -0.3 is 14.5 Å². The number of likely N-dealkylation sites (tertiary alicyclic amines) is 2. The zero-order chi connectivity index (χ0) is 28.8. The van der Waals surface area contributed by atoms with E-state index in [1.807, 2.05) is 0 Å². The van der Waals surface area contributed by atoms with Crippen LogP contribution in [0.15, 0.2) is 47.4 Å². The molecule has 222 valence electrons. The zero-order valence-corrected chi connectivity index (χ0v) is 23.8. The fraction of sp³-hybridized carbons (Fsp3) is 0.567. The van der Waals surface area contributed by atoms with E-state index >= 15 is 0 Å². The molecule has 0 radical (unpaired) electrons. The highest BCUT2D eigenvalue weighted by molar-refractivity contribution is 7.89. The Morgan fingerprint density at radius 1 is 0.854 bits per heavy atom. The largest absolute Gasteiger partial charge is 0.441 e. The SMILES string of the molecule is O=C(OC1([C@H]2CCC[C@@H](c3cccc(F)c3)N2S(=O)(=O)c2ccc(F)cc2F)CC1)N1CCC(N2CCCC2)CC1. The van der Waals surface area contributed by atoms with Crippen LogP contribution in [0.3, 0.4) is 0 Å². The number of piperidine rings is 2. The summed E-state index contributed by atoms with van der Waals surface area (Å²) in [5.41, 5.74) is -0.620. The van der Waals surface area contributed by atoms with Crippen LogP contribution in [0, 0.1) is 17.5 Å². The van der Waals surface area contributed by atoms with E-state index in [2.05, 4.69) is 4.90 Å². The normalized spacial score (nSPS) is 25.8. The molecular formula is C30H36F3N3O4S. The monoisotopic (exact) mass is 591 g/mol. The molecule has 4 fully saturated rings. The minimum atomic E-state index is -4.53. The Morgan fingerprint density at radius 2 is 1.56 bits per heavy atom. The summed E-state index contributed by atoms with van der Waals surface area (Å²) in [5, 5.41) is 0. The first-order chi connectivity index (χ1) is 19.7. The molecule has 11 heteroatoms.